The fourth-order valence-corrected chi connectivity index (χ4v) is 2.96. The Morgan fingerprint density at radius 1 is 0.920 bits per heavy atom. The molecule has 0 heterocycles. The number of benzene rings is 2. The lowest BCUT2D eigenvalue weighted by molar-refractivity contribution is 0.0684. The molecule has 0 amide bonds. The van der Waals surface area contributed by atoms with Crippen LogP contribution >= 0.6 is 0 Å². The highest BCUT2D eigenvalue weighted by molar-refractivity contribution is 5.91. The Hall–Kier alpha value is -3.02. The summed E-state index contributed by atoms with van der Waals surface area (Å²) in [6.07, 6.45) is 1.68. The van der Waals surface area contributed by atoms with E-state index in [1.54, 1.807) is 30.3 Å². The number of aromatic carboxylic acids is 2. The zero-order chi connectivity index (χ0) is 18.6. The maximum absolute atomic E-state index is 11.4. The van der Waals surface area contributed by atoms with Crippen molar-refractivity contribution in [1.29, 1.82) is 0 Å². The van der Waals surface area contributed by atoms with Crippen molar-refractivity contribution >= 4 is 23.3 Å². The van der Waals surface area contributed by atoms with Crippen LogP contribution in [0, 0.1) is 5.92 Å². The molecule has 0 spiro atoms. The van der Waals surface area contributed by atoms with Crippen LogP contribution in [-0.2, 0) is 12.8 Å². The predicted octanol–water partition coefficient (Wildman–Crippen LogP) is 3.06. The average molecular weight is 342 g/mol. The number of anilines is 2. The highest BCUT2D eigenvalue weighted by Crippen LogP contribution is 2.25. The molecule has 0 saturated heterocycles. The normalized spacial score (nSPS) is 11.9. The van der Waals surface area contributed by atoms with E-state index in [-0.39, 0.29) is 17.0 Å². The molecule has 0 aliphatic rings. The Bertz CT molecular complexity index is 802. The third-order valence-electron chi connectivity index (χ3n) is 4.33. The van der Waals surface area contributed by atoms with Gasteiger partial charge in [0, 0.05) is 11.4 Å². The van der Waals surface area contributed by atoms with E-state index in [1.165, 1.54) is 6.07 Å². The summed E-state index contributed by atoms with van der Waals surface area (Å²) < 4.78 is 0. The number of rotatable bonds is 7. The van der Waals surface area contributed by atoms with Gasteiger partial charge in [0.25, 0.3) is 0 Å². The van der Waals surface area contributed by atoms with Crippen LogP contribution in [0.2, 0.25) is 0 Å². The van der Waals surface area contributed by atoms with Gasteiger partial charge in [-0.05, 0) is 60.6 Å². The van der Waals surface area contributed by atoms with Crippen LogP contribution in [0.3, 0.4) is 0 Å². The zero-order valence-corrected chi connectivity index (χ0v) is 14.0. The quantitative estimate of drug-likeness (QED) is 0.573. The van der Waals surface area contributed by atoms with Crippen LogP contribution in [0.4, 0.5) is 11.4 Å². The van der Waals surface area contributed by atoms with Gasteiger partial charge in [-0.25, -0.2) is 9.59 Å². The van der Waals surface area contributed by atoms with Crippen molar-refractivity contribution in [2.24, 2.45) is 5.92 Å². The molecule has 25 heavy (non-hydrogen) atoms. The Morgan fingerprint density at radius 2 is 1.40 bits per heavy atom. The van der Waals surface area contributed by atoms with E-state index in [2.05, 4.69) is 0 Å². The number of nitrogen functional groups attached to an aromatic ring is 2. The molecule has 2 aromatic rings. The Labute approximate surface area is 146 Å². The number of carboxylic acid groups (broad SMARTS) is 2. The van der Waals surface area contributed by atoms with Crippen molar-refractivity contribution in [2.45, 2.75) is 26.2 Å². The maximum Gasteiger partial charge on any atom is 0.336 e. The van der Waals surface area contributed by atoms with Crippen molar-refractivity contribution in [3.63, 3.8) is 0 Å². The van der Waals surface area contributed by atoms with E-state index in [0.29, 0.717) is 41.8 Å². The van der Waals surface area contributed by atoms with E-state index in [0.717, 1.165) is 0 Å². The molecule has 2 rings (SSSR count). The van der Waals surface area contributed by atoms with Gasteiger partial charge in [-0.2, -0.15) is 0 Å². The largest absolute Gasteiger partial charge is 0.478 e. The number of nitrogens with two attached hydrogens (primary N) is 2. The molecule has 0 aliphatic heterocycles. The molecular weight excluding hydrogens is 320 g/mol. The summed E-state index contributed by atoms with van der Waals surface area (Å²) in [6, 6.07) is 9.69. The second kappa shape index (κ2) is 7.70. The molecule has 0 aliphatic carbocycles. The minimum atomic E-state index is -1.00. The van der Waals surface area contributed by atoms with Gasteiger partial charge in [0.1, 0.15) is 0 Å². The first-order valence-corrected chi connectivity index (χ1v) is 8.02. The third kappa shape index (κ3) is 4.29. The third-order valence-corrected chi connectivity index (χ3v) is 4.33. The van der Waals surface area contributed by atoms with Crippen molar-refractivity contribution in [3.8, 4) is 0 Å². The number of carbonyl (C=O) groups is 2. The molecule has 0 radical (unpaired) electrons. The number of hydrogen-bond donors (Lipinski definition) is 4. The monoisotopic (exact) mass is 342 g/mol. The van der Waals surface area contributed by atoms with E-state index >= 15 is 0 Å². The highest BCUT2D eigenvalue weighted by Gasteiger charge is 2.17. The fourth-order valence-electron chi connectivity index (χ4n) is 2.96. The summed E-state index contributed by atoms with van der Waals surface area (Å²) in [4.78, 5) is 22.7. The van der Waals surface area contributed by atoms with Crippen molar-refractivity contribution < 1.29 is 19.8 Å². The first-order valence-electron chi connectivity index (χ1n) is 8.02. The Morgan fingerprint density at radius 3 is 1.92 bits per heavy atom. The number of hydrogen-bond acceptors (Lipinski definition) is 4. The van der Waals surface area contributed by atoms with Gasteiger partial charge in [0.2, 0.25) is 0 Å². The van der Waals surface area contributed by atoms with Gasteiger partial charge in [-0.15, -0.1) is 0 Å². The lowest BCUT2D eigenvalue weighted by Crippen LogP contribution is -2.12. The van der Waals surface area contributed by atoms with Gasteiger partial charge < -0.3 is 21.7 Å². The molecule has 6 N–H and O–H groups in total. The van der Waals surface area contributed by atoms with Gasteiger partial charge in [-0.3, -0.25) is 0 Å². The topological polar surface area (TPSA) is 127 Å². The second-order valence-corrected chi connectivity index (χ2v) is 6.20. The SMILES string of the molecule is CC(CCc1c(N)cccc1C(=O)O)Cc1c(N)cccc1C(=O)O. The van der Waals surface area contributed by atoms with Gasteiger partial charge in [0.05, 0.1) is 11.1 Å². The molecular formula is C19H22N2O4. The van der Waals surface area contributed by atoms with E-state index in [1.807, 2.05) is 6.92 Å². The minimum Gasteiger partial charge on any atom is -0.478 e. The molecule has 0 fully saturated rings. The van der Waals surface area contributed by atoms with Crippen molar-refractivity contribution in [2.75, 3.05) is 11.5 Å². The summed E-state index contributed by atoms with van der Waals surface area (Å²) in [5.41, 5.74) is 14.4. The summed E-state index contributed by atoms with van der Waals surface area (Å²) in [5.74, 6) is -1.89. The Kier molecular flexibility index (Phi) is 5.64. The fraction of sp³-hybridized carbons (Fsp3) is 0.263. The summed E-state index contributed by atoms with van der Waals surface area (Å²) >= 11 is 0. The molecule has 6 nitrogen and oxygen atoms in total. The molecule has 0 aromatic heterocycles. The van der Waals surface area contributed by atoms with Gasteiger partial charge in [-0.1, -0.05) is 19.1 Å². The second-order valence-electron chi connectivity index (χ2n) is 6.20. The minimum absolute atomic E-state index is 0.115. The van der Waals surface area contributed by atoms with Crippen molar-refractivity contribution in [3.05, 3.63) is 58.7 Å². The first-order chi connectivity index (χ1) is 11.8. The molecule has 2 aromatic carbocycles. The standard InChI is InChI=1S/C19H22N2O4/c1-11(10-15-14(19(24)25)5-3-7-17(15)21)8-9-12-13(18(22)23)4-2-6-16(12)20/h2-7,11H,8-10,20-21H2,1H3,(H,22,23)(H,24,25). The van der Waals surface area contributed by atoms with Crippen LogP contribution in [0.15, 0.2) is 36.4 Å². The summed E-state index contributed by atoms with van der Waals surface area (Å²) in [7, 11) is 0. The van der Waals surface area contributed by atoms with Gasteiger partial charge >= 0.3 is 11.9 Å². The molecule has 132 valence electrons. The van der Waals surface area contributed by atoms with Crippen LogP contribution in [0.5, 0.6) is 0 Å². The van der Waals surface area contributed by atoms with Gasteiger partial charge in [0.15, 0.2) is 0 Å². The molecule has 1 unspecified atom stereocenters. The average Bonchev–Trinajstić information content (AvgIpc) is 2.55. The van der Waals surface area contributed by atoms with Crippen LogP contribution < -0.4 is 11.5 Å². The van der Waals surface area contributed by atoms with Crippen molar-refractivity contribution in [1.82, 2.24) is 0 Å². The van der Waals surface area contributed by atoms with E-state index < -0.39 is 11.9 Å². The Balaban J connectivity index is 2.14. The smallest absolute Gasteiger partial charge is 0.336 e. The number of carboxylic acids is 2. The molecule has 6 heteroatoms. The van der Waals surface area contributed by atoms with Crippen LogP contribution in [-0.4, -0.2) is 22.2 Å². The lowest BCUT2D eigenvalue weighted by Gasteiger charge is -2.16. The summed E-state index contributed by atoms with van der Waals surface area (Å²) in [5, 5.41) is 18.6. The van der Waals surface area contributed by atoms with Crippen LogP contribution in [0.1, 0.15) is 45.2 Å². The lowest BCUT2D eigenvalue weighted by atomic mass is 9.90. The molecule has 0 saturated carbocycles. The first kappa shape index (κ1) is 18.3. The molecule has 0 bridgehead atoms. The van der Waals surface area contributed by atoms with Crippen LogP contribution in [0.25, 0.3) is 0 Å². The zero-order valence-electron chi connectivity index (χ0n) is 14.0. The molecule has 1 atom stereocenters. The predicted molar refractivity (Wildman–Crippen MR) is 96.8 cm³/mol. The maximum atomic E-state index is 11.4. The van der Waals surface area contributed by atoms with E-state index in [9.17, 15) is 19.8 Å². The highest BCUT2D eigenvalue weighted by atomic mass is 16.4. The summed E-state index contributed by atoms with van der Waals surface area (Å²) in [6.45, 7) is 1.98. The van der Waals surface area contributed by atoms with E-state index in [4.69, 9.17) is 11.5 Å².